The Morgan fingerprint density at radius 2 is 2.46 bits per heavy atom. The molecule has 0 aromatic carbocycles. The Labute approximate surface area is 76.5 Å². The number of aromatic nitrogens is 2. The summed E-state index contributed by atoms with van der Waals surface area (Å²) in [5.74, 6) is 0.247. The Hall–Kier alpha value is -1.36. The lowest BCUT2D eigenvalue weighted by Crippen LogP contribution is -2.11. The number of nitrogens with two attached hydrogens (primary N) is 1. The van der Waals surface area contributed by atoms with Crippen LogP contribution in [0.2, 0.25) is 0 Å². The second-order valence-corrected chi connectivity index (χ2v) is 2.63. The zero-order chi connectivity index (χ0) is 9.84. The summed E-state index contributed by atoms with van der Waals surface area (Å²) in [6, 6.07) is 0. The van der Waals surface area contributed by atoms with Crippen LogP contribution in [0.3, 0.4) is 0 Å². The number of aryl methyl sites for hydroxylation is 1. The van der Waals surface area contributed by atoms with Gasteiger partial charge >= 0.3 is 0 Å². The third kappa shape index (κ3) is 2.06. The molecule has 0 fully saturated rings. The molecular formula is C8H13N3O2. The van der Waals surface area contributed by atoms with Gasteiger partial charge in [0.1, 0.15) is 12.4 Å². The minimum atomic E-state index is -0.132. The molecule has 0 unspecified atom stereocenters. The van der Waals surface area contributed by atoms with E-state index in [1.807, 2.05) is 6.92 Å². The monoisotopic (exact) mass is 183 g/mol. The van der Waals surface area contributed by atoms with Gasteiger partial charge in [0.25, 0.3) is 0 Å². The van der Waals surface area contributed by atoms with E-state index >= 15 is 0 Å². The van der Waals surface area contributed by atoms with Gasteiger partial charge in [0.2, 0.25) is 0 Å². The van der Waals surface area contributed by atoms with Crippen molar-refractivity contribution in [1.29, 1.82) is 0 Å². The summed E-state index contributed by atoms with van der Waals surface area (Å²) in [4.78, 5) is 11.4. The predicted octanol–water partition coefficient (Wildman–Crippen LogP) is 0.222. The van der Waals surface area contributed by atoms with E-state index in [1.54, 1.807) is 7.05 Å². The summed E-state index contributed by atoms with van der Waals surface area (Å²) in [6.07, 6.45) is 1.46. The van der Waals surface area contributed by atoms with Crippen molar-refractivity contribution in [1.82, 2.24) is 9.78 Å². The van der Waals surface area contributed by atoms with Crippen molar-refractivity contribution < 1.29 is 9.53 Å². The SMILES string of the molecule is CCOCC(=O)c1cnn(C)c1N. The number of ketones is 1. The number of Topliss-reactive ketones (excluding diaryl/α,β-unsaturated/α-hetero) is 1. The zero-order valence-electron chi connectivity index (χ0n) is 7.78. The number of rotatable bonds is 4. The average molecular weight is 183 g/mol. The zero-order valence-corrected chi connectivity index (χ0v) is 7.78. The molecule has 0 saturated heterocycles. The molecule has 13 heavy (non-hydrogen) atoms. The van der Waals surface area contributed by atoms with Crippen molar-refractivity contribution in [2.24, 2.45) is 7.05 Å². The predicted molar refractivity (Wildman–Crippen MR) is 48.4 cm³/mol. The summed E-state index contributed by atoms with van der Waals surface area (Å²) in [5, 5.41) is 3.86. The Kier molecular flexibility index (Phi) is 3.02. The number of nitrogen functional groups attached to an aromatic ring is 1. The maximum atomic E-state index is 11.4. The lowest BCUT2D eigenvalue weighted by Gasteiger charge is -1.99. The quantitative estimate of drug-likeness (QED) is 0.678. The molecule has 72 valence electrons. The molecule has 0 bridgehead atoms. The van der Waals surface area contributed by atoms with Crippen LogP contribution in [0.15, 0.2) is 6.20 Å². The van der Waals surface area contributed by atoms with E-state index in [-0.39, 0.29) is 12.4 Å². The van der Waals surface area contributed by atoms with Crippen molar-refractivity contribution in [3.63, 3.8) is 0 Å². The van der Waals surface area contributed by atoms with Crippen molar-refractivity contribution >= 4 is 11.6 Å². The van der Waals surface area contributed by atoms with E-state index in [0.717, 1.165) is 0 Å². The summed E-state index contributed by atoms with van der Waals surface area (Å²) >= 11 is 0. The van der Waals surface area contributed by atoms with Crippen LogP contribution in [-0.2, 0) is 11.8 Å². The molecular weight excluding hydrogens is 170 g/mol. The van der Waals surface area contributed by atoms with E-state index in [2.05, 4.69) is 5.10 Å². The minimum Gasteiger partial charge on any atom is -0.383 e. The first-order chi connectivity index (χ1) is 6.16. The van der Waals surface area contributed by atoms with Crippen LogP contribution < -0.4 is 5.73 Å². The minimum absolute atomic E-state index is 0.0619. The first-order valence-electron chi connectivity index (χ1n) is 4.05. The van der Waals surface area contributed by atoms with Gasteiger partial charge in [0, 0.05) is 13.7 Å². The van der Waals surface area contributed by atoms with Crippen LogP contribution in [-0.4, -0.2) is 28.8 Å². The topological polar surface area (TPSA) is 70.1 Å². The number of carbonyl (C=O) groups excluding carboxylic acids is 1. The summed E-state index contributed by atoms with van der Waals surface area (Å²) in [5.41, 5.74) is 6.03. The first kappa shape index (κ1) is 9.73. The fraction of sp³-hybridized carbons (Fsp3) is 0.500. The Bertz CT molecular complexity index is 306. The molecule has 1 rings (SSSR count). The van der Waals surface area contributed by atoms with Gasteiger partial charge in [-0.25, -0.2) is 0 Å². The average Bonchev–Trinajstić information content (AvgIpc) is 2.44. The summed E-state index contributed by atoms with van der Waals surface area (Å²) in [7, 11) is 1.69. The molecule has 1 heterocycles. The van der Waals surface area contributed by atoms with Gasteiger partial charge in [-0.15, -0.1) is 0 Å². The third-order valence-corrected chi connectivity index (χ3v) is 1.72. The Morgan fingerprint density at radius 3 is 2.92 bits per heavy atom. The molecule has 0 spiro atoms. The van der Waals surface area contributed by atoms with E-state index in [4.69, 9.17) is 10.5 Å². The van der Waals surface area contributed by atoms with Crippen LogP contribution in [0.25, 0.3) is 0 Å². The number of carbonyl (C=O) groups is 1. The van der Waals surface area contributed by atoms with E-state index in [9.17, 15) is 4.79 Å². The van der Waals surface area contributed by atoms with Crippen LogP contribution in [0.4, 0.5) is 5.82 Å². The highest BCUT2D eigenvalue weighted by Gasteiger charge is 2.12. The molecule has 5 nitrogen and oxygen atoms in total. The highest BCUT2D eigenvalue weighted by atomic mass is 16.5. The van der Waals surface area contributed by atoms with Crippen LogP contribution in [0.1, 0.15) is 17.3 Å². The summed E-state index contributed by atoms with van der Waals surface area (Å²) in [6.45, 7) is 2.41. The Morgan fingerprint density at radius 1 is 1.77 bits per heavy atom. The third-order valence-electron chi connectivity index (χ3n) is 1.72. The highest BCUT2D eigenvalue weighted by molar-refractivity contribution is 6.00. The molecule has 0 aliphatic carbocycles. The Balaban J connectivity index is 2.71. The van der Waals surface area contributed by atoms with Crippen LogP contribution >= 0.6 is 0 Å². The van der Waals surface area contributed by atoms with Gasteiger partial charge in [-0.05, 0) is 6.92 Å². The second-order valence-electron chi connectivity index (χ2n) is 2.63. The van der Waals surface area contributed by atoms with Gasteiger partial charge in [0.15, 0.2) is 5.78 Å². The van der Waals surface area contributed by atoms with E-state index in [0.29, 0.717) is 18.0 Å². The van der Waals surface area contributed by atoms with Crippen LogP contribution in [0, 0.1) is 0 Å². The normalized spacial score (nSPS) is 10.3. The number of hydrogen-bond acceptors (Lipinski definition) is 4. The molecule has 0 saturated carbocycles. The fourth-order valence-electron chi connectivity index (χ4n) is 0.934. The standard InChI is InChI=1S/C8H13N3O2/c1-3-13-5-7(12)6-4-10-11(2)8(6)9/h4H,3,5,9H2,1-2H3. The number of nitrogens with zero attached hydrogens (tertiary/aromatic N) is 2. The molecule has 2 N–H and O–H groups in total. The lowest BCUT2D eigenvalue weighted by molar-refractivity contribution is 0.0784. The maximum absolute atomic E-state index is 11.4. The first-order valence-corrected chi connectivity index (χ1v) is 4.05. The van der Waals surface area contributed by atoms with E-state index < -0.39 is 0 Å². The van der Waals surface area contributed by atoms with Crippen molar-refractivity contribution in [3.8, 4) is 0 Å². The molecule has 0 amide bonds. The second kappa shape index (κ2) is 4.04. The molecule has 1 aromatic heterocycles. The molecule has 5 heteroatoms. The molecule has 0 atom stereocenters. The lowest BCUT2D eigenvalue weighted by atomic mass is 10.2. The number of hydrogen-bond donors (Lipinski definition) is 1. The molecule has 1 aromatic rings. The van der Waals surface area contributed by atoms with Crippen LogP contribution in [0.5, 0.6) is 0 Å². The van der Waals surface area contributed by atoms with Gasteiger partial charge < -0.3 is 10.5 Å². The largest absolute Gasteiger partial charge is 0.383 e. The van der Waals surface area contributed by atoms with Gasteiger partial charge in [-0.3, -0.25) is 9.48 Å². The molecule has 0 aliphatic heterocycles. The van der Waals surface area contributed by atoms with Gasteiger partial charge in [0.05, 0.1) is 11.8 Å². The number of anilines is 1. The smallest absolute Gasteiger partial charge is 0.193 e. The maximum Gasteiger partial charge on any atom is 0.193 e. The van der Waals surface area contributed by atoms with Crippen molar-refractivity contribution in [2.45, 2.75) is 6.92 Å². The molecule has 0 radical (unpaired) electrons. The van der Waals surface area contributed by atoms with Crippen molar-refractivity contribution in [2.75, 3.05) is 18.9 Å². The van der Waals surface area contributed by atoms with E-state index in [1.165, 1.54) is 10.9 Å². The molecule has 0 aliphatic rings. The fourth-order valence-corrected chi connectivity index (χ4v) is 0.934. The van der Waals surface area contributed by atoms with Gasteiger partial charge in [-0.1, -0.05) is 0 Å². The highest BCUT2D eigenvalue weighted by Crippen LogP contribution is 2.09. The van der Waals surface area contributed by atoms with Crippen molar-refractivity contribution in [3.05, 3.63) is 11.8 Å². The van der Waals surface area contributed by atoms with Gasteiger partial charge in [-0.2, -0.15) is 5.10 Å². The number of ether oxygens (including phenoxy) is 1. The summed E-state index contributed by atoms with van der Waals surface area (Å²) < 4.78 is 6.43.